The molecule has 0 saturated heterocycles. The minimum absolute atomic E-state index is 0.0811. The van der Waals surface area contributed by atoms with Crippen LogP contribution in [-0.2, 0) is 0 Å². The Morgan fingerprint density at radius 3 is 1.97 bits per heavy atom. The van der Waals surface area contributed by atoms with Gasteiger partial charge in [-0.3, -0.25) is 4.99 Å². The van der Waals surface area contributed by atoms with Crippen molar-refractivity contribution in [3.8, 4) is 16.9 Å². The van der Waals surface area contributed by atoms with E-state index in [0.717, 1.165) is 16.7 Å². The fourth-order valence-corrected chi connectivity index (χ4v) is 3.23. The fraction of sp³-hybridized carbons (Fsp3) is 0.0714. The molecule has 4 rings (SSSR count). The van der Waals surface area contributed by atoms with Crippen molar-refractivity contribution < 1.29 is 9.53 Å². The number of carbonyl (C=O) groups excluding carboxylic acids is 1. The average molecular weight is 405 g/mol. The molecule has 0 N–H and O–H groups in total. The molecule has 4 aromatic rings. The van der Waals surface area contributed by atoms with Crippen LogP contribution in [0.25, 0.3) is 11.1 Å². The molecule has 3 nitrogen and oxygen atoms in total. The molecule has 152 valence electrons. The van der Waals surface area contributed by atoms with E-state index in [-0.39, 0.29) is 12.0 Å². The molecule has 0 heterocycles. The summed E-state index contributed by atoms with van der Waals surface area (Å²) < 4.78 is 5.51. The van der Waals surface area contributed by atoms with Crippen LogP contribution in [0.1, 0.15) is 34.5 Å². The normalized spacial score (nSPS) is 11.9. The smallest absolute Gasteiger partial charge is 0.343 e. The number of nitrogens with zero attached hydrogens (tertiary/aromatic N) is 1. The van der Waals surface area contributed by atoms with Crippen LogP contribution in [0.3, 0.4) is 0 Å². The van der Waals surface area contributed by atoms with Crippen molar-refractivity contribution in [2.45, 2.75) is 13.0 Å². The van der Waals surface area contributed by atoms with Gasteiger partial charge in [0.05, 0.1) is 11.6 Å². The Hall–Kier alpha value is -3.98. The molecule has 4 aromatic carbocycles. The standard InChI is InChI=1S/C28H23NO2/c1-21(23-8-4-2-5-9-23)29-20-22-12-18-27(19-13-22)31-28(30)26-16-14-25(15-17-26)24-10-6-3-7-11-24/h2-21H,1H3/t21-/m0/s1. The van der Waals surface area contributed by atoms with Crippen LogP contribution in [0.2, 0.25) is 0 Å². The van der Waals surface area contributed by atoms with Crippen LogP contribution < -0.4 is 4.74 Å². The molecular formula is C28H23NO2. The van der Waals surface area contributed by atoms with E-state index in [1.165, 1.54) is 5.56 Å². The molecule has 0 fully saturated rings. The summed E-state index contributed by atoms with van der Waals surface area (Å²) in [6.45, 7) is 2.06. The van der Waals surface area contributed by atoms with E-state index >= 15 is 0 Å². The Labute approximate surface area is 182 Å². The predicted molar refractivity (Wildman–Crippen MR) is 126 cm³/mol. The summed E-state index contributed by atoms with van der Waals surface area (Å²) in [6, 6.07) is 35.1. The average Bonchev–Trinajstić information content (AvgIpc) is 2.84. The fourth-order valence-electron chi connectivity index (χ4n) is 3.23. The van der Waals surface area contributed by atoms with Crippen molar-refractivity contribution in [3.63, 3.8) is 0 Å². The molecule has 0 bridgehead atoms. The van der Waals surface area contributed by atoms with Crippen molar-refractivity contribution in [3.05, 3.63) is 126 Å². The zero-order valence-electron chi connectivity index (χ0n) is 17.3. The van der Waals surface area contributed by atoms with Crippen LogP contribution in [0.5, 0.6) is 5.75 Å². The second-order valence-corrected chi connectivity index (χ2v) is 7.27. The summed E-state index contributed by atoms with van der Waals surface area (Å²) in [5, 5.41) is 0. The minimum Gasteiger partial charge on any atom is -0.423 e. The Kier molecular flexibility index (Phi) is 6.34. The van der Waals surface area contributed by atoms with Crippen molar-refractivity contribution in [2.24, 2.45) is 4.99 Å². The highest BCUT2D eigenvalue weighted by Crippen LogP contribution is 2.21. The number of esters is 1. The molecule has 0 aliphatic carbocycles. The van der Waals surface area contributed by atoms with Crippen molar-refractivity contribution in [2.75, 3.05) is 0 Å². The minimum atomic E-state index is -0.376. The second-order valence-electron chi connectivity index (χ2n) is 7.27. The first-order chi connectivity index (χ1) is 15.2. The van der Waals surface area contributed by atoms with Crippen LogP contribution in [0, 0.1) is 0 Å². The number of ether oxygens (including phenoxy) is 1. The molecule has 31 heavy (non-hydrogen) atoms. The van der Waals surface area contributed by atoms with Gasteiger partial charge in [-0.2, -0.15) is 0 Å². The third kappa shape index (κ3) is 5.34. The van der Waals surface area contributed by atoms with Gasteiger partial charge in [-0.05, 0) is 65.6 Å². The molecular weight excluding hydrogens is 382 g/mol. The van der Waals surface area contributed by atoms with Gasteiger partial charge in [0.15, 0.2) is 0 Å². The summed E-state index contributed by atoms with van der Waals surface area (Å²) in [4.78, 5) is 17.1. The highest BCUT2D eigenvalue weighted by atomic mass is 16.5. The maximum absolute atomic E-state index is 12.5. The molecule has 0 spiro atoms. The number of benzene rings is 4. The van der Waals surface area contributed by atoms with Gasteiger partial charge in [-0.15, -0.1) is 0 Å². The zero-order valence-corrected chi connectivity index (χ0v) is 17.3. The number of rotatable bonds is 6. The Balaban J connectivity index is 1.37. The summed E-state index contributed by atoms with van der Waals surface area (Å²) >= 11 is 0. The van der Waals surface area contributed by atoms with E-state index in [4.69, 9.17) is 4.74 Å². The van der Waals surface area contributed by atoms with Crippen LogP contribution in [0.15, 0.2) is 114 Å². The molecule has 0 unspecified atom stereocenters. The first kappa shape index (κ1) is 20.3. The molecule has 0 saturated carbocycles. The largest absolute Gasteiger partial charge is 0.423 e. The van der Waals surface area contributed by atoms with Crippen LogP contribution in [0.4, 0.5) is 0 Å². The monoisotopic (exact) mass is 405 g/mol. The van der Waals surface area contributed by atoms with E-state index in [0.29, 0.717) is 11.3 Å². The maximum atomic E-state index is 12.5. The lowest BCUT2D eigenvalue weighted by molar-refractivity contribution is 0.0735. The Morgan fingerprint density at radius 2 is 1.32 bits per heavy atom. The van der Waals surface area contributed by atoms with E-state index < -0.39 is 0 Å². The number of hydrogen-bond acceptors (Lipinski definition) is 3. The lowest BCUT2D eigenvalue weighted by Crippen LogP contribution is -2.08. The van der Waals surface area contributed by atoms with Gasteiger partial charge in [-0.1, -0.05) is 72.8 Å². The van der Waals surface area contributed by atoms with Gasteiger partial charge >= 0.3 is 5.97 Å². The molecule has 1 atom stereocenters. The zero-order chi connectivity index (χ0) is 21.5. The van der Waals surface area contributed by atoms with E-state index in [2.05, 4.69) is 24.0 Å². The maximum Gasteiger partial charge on any atom is 0.343 e. The highest BCUT2D eigenvalue weighted by Gasteiger charge is 2.09. The highest BCUT2D eigenvalue weighted by molar-refractivity contribution is 5.91. The van der Waals surface area contributed by atoms with Gasteiger partial charge in [0.25, 0.3) is 0 Å². The lowest BCUT2D eigenvalue weighted by atomic mass is 10.0. The number of carbonyl (C=O) groups is 1. The molecule has 0 amide bonds. The molecule has 0 aliphatic rings. The van der Waals surface area contributed by atoms with Crippen molar-refractivity contribution in [1.29, 1.82) is 0 Å². The van der Waals surface area contributed by atoms with Crippen LogP contribution in [-0.4, -0.2) is 12.2 Å². The van der Waals surface area contributed by atoms with Crippen molar-refractivity contribution >= 4 is 12.2 Å². The molecule has 0 radical (unpaired) electrons. The van der Waals surface area contributed by atoms with Crippen LogP contribution >= 0.6 is 0 Å². The molecule has 0 aromatic heterocycles. The van der Waals surface area contributed by atoms with Gasteiger partial charge in [0.2, 0.25) is 0 Å². The third-order valence-corrected chi connectivity index (χ3v) is 5.05. The first-order valence-corrected chi connectivity index (χ1v) is 10.2. The summed E-state index contributed by atoms with van der Waals surface area (Å²) in [5.74, 6) is 0.129. The topological polar surface area (TPSA) is 38.7 Å². The quantitative estimate of drug-likeness (QED) is 0.202. The summed E-state index contributed by atoms with van der Waals surface area (Å²) in [5.41, 5.74) is 4.81. The van der Waals surface area contributed by atoms with Gasteiger partial charge < -0.3 is 4.74 Å². The number of hydrogen-bond donors (Lipinski definition) is 0. The SMILES string of the molecule is C[C@H](N=Cc1ccc(OC(=O)c2ccc(-c3ccccc3)cc2)cc1)c1ccccc1. The van der Waals surface area contributed by atoms with Gasteiger partial charge in [-0.25, -0.2) is 4.79 Å². The van der Waals surface area contributed by atoms with E-state index in [9.17, 15) is 4.79 Å². The van der Waals surface area contributed by atoms with Gasteiger partial charge in [0, 0.05) is 6.21 Å². The predicted octanol–water partition coefficient (Wildman–Crippen LogP) is 6.75. The lowest BCUT2D eigenvalue weighted by Gasteiger charge is -2.07. The van der Waals surface area contributed by atoms with E-state index in [1.807, 2.05) is 79.0 Å². The van der Waals surface area contributed by atoms with Gasteiger partial charge in [0.1, 0.15) is 5.75 Å². The summed E-state index contributed by atoms with van der Waals surface area (Å²) in [6.07, 6.45) is 1.84. The van der Waals surface area contributed by atoms with Crippen molar-refractivity contribution in [1.82, 2.24) is 0 Å². The third-order valence-electron chi connectivity index (χ3n) is 5.05. The summed E-state index contributed by atoms with van der Waals surface area (Å²) in [7, 11) is 0. The second kappa shape index (κ2) is 9.68. The molecule has 0 aliphatic heterocycles. The van der Waals surface area contributed by atoms with E-state index in [1.54, 1.807) is 24.3 Å². The Bertz CT molecular complexity index is 1150. The number of aliphatic imine (C=N–C) groups is 1. The first-order valence-electron chi connectivity index (χ1n) is 10.2. The molecule has 3 heteroatoms. The Morgan fingerprint density at radius 1 is 0.742 bits per heavy atom.